The quantitative estimate of drug-likeness (QED) is 0.359. The first kappa shape index (κ1) is 9.67. The van der Waals surface area contributed by atoms with Crippen LogP contribution in [0.3, 0.4) is 0 Å². The SMILES string of the molecule is CC(C)N(N)c1cc(N)ccc1N. The average molecular weight is 180 g/mol. The first-order chi connectivity index (χ1) is 6.02. The summed E-state index contributed by atoms with van der Waals surface area (Å²) in [7, 11) is 0. The molecule has 0 amide bonds. The molecular weight excluding hydrogens is 164 g/mol. The maximum Gasteiger partial charge on any atom is 0.0770 e. The van der Waals surface area contributed by atoms with Gasteiger partial charge in [-0.25, -0.2) is 5.84 Å². The lowest BCUT2D eigenvalue weighted by molar-refractivity contribution is 0.712. The zero-order chi connectivity index (χ0) is 10.0. The Morgan fingerprint density at radius 2 is 1.85 bits per heavy atom. The van der Waals surface area contributed by atoms with Crippen LogP contribution in [0.4, 0.5) is 17.1 Å². The van der Waals surface area contributed by atoms with Gasteiger partial charge in [-0.2, -0.15) is 0 Å². The second-order valence-corrected chi connectivity index (χ2v) is 3.32. The average Bonchev–Trinajstić information content (AvgIpc) is 2.08. The fourth-order valence-corrected chi connectivity index (χ4v) is 1.06. The molecule has 1 aromatic rings. The summed E-state index contributed by atoms with van der Waals surface area (Å²) in [6, 6.07) is 5.49. The van der Waals surface area contributed by atoms with E-state index in [1.54, 1.807) is 23.2 Å². The molecule has 0 aliphatic rings. The predicted octanol–water partition coefficient (Wildman–Crippen LogP) is 0.939. The van der Waals surface area contributed by atoms with Gasteiger partial charge < -0.3 is 16.5 Å². The molecule has 0 saturated heterocycles. The number of benzene rings is 1. The Kier molecular flexibility index (Phi) is 2.63. The molecule has 0 aliphatic carbocycles. The lowest BCUT2D eigenvalue weighted by atomic mass is 10.2. The second kappa shape index (κ2) is 3.53. The number of nitrogen functional groups attached to an aromatic ring is 2. The minimum atomic E-state index is 0.198. The van der Waals surface area contributed by atoms with Crippen molar-refractivity contribution >= 4 is 17.1 Å². The van der Waals surface area contributed by atoms with Crippen LogP contribution < -0.4 is 22.3 Å². The van der Waals surface area contributed by atoms with Gasteiger partial charge in [0.25, 0.3) is 0 Å². The Labute approximate surface area is 78.3 Å². The molecule has 0 radical (unpaired) electrons. The van der Waals surface area contributed by atoms with Crippen molar-refractivity contribution in [1.29, 1.82) is 0 Å². The first-order valence-electron chi connectivity index (χ1n) is 4.21. The number of hydrogen-bond acceptors (Lipinski definition) is 4. The molecule has 6 N–H and O–H groups in total. The Balaban J connectivity index is 3.05. The zero-order valence-corrected chi connectivity index (χ0v) is 7.99. The summed E-state index contributed by atoms with van der Waals surface area (Å²) in [5.41, 5.74) is 13.5. The van der Waals surface area contributed by atoms with E-state index in [-0.39, 0.29) is 6.04 Å². The molecule has 0 bridgehead atoms. The highest BCUT2D eigenvalue weighted by atomic mass is 15.4. The molecule has 0 heterocycles. The molecular formula is C9H16N4. The molecule has 0 spiro atoms. The lowest BCUT2D eigenvalue weighted by Crippen LogP contribution is -2.37. The third kappa shape index (κ3) is 2.03. The monoisotopic (exact) mass is 180 g/mol. The van der Waals surface area contributed by atoms with E-state index in [4.69, 9.17) is 17.3 Å². The van der Waals surface area contributed by atoms with Gasteiger partial charge in [0.15, 0.2) is 0 Å². The Hall–Kier alpha value is -1.42. The summed E-state index contributed by atoms with van der Waals surface area (Å²) in [6.45, 7) is 3.98. The topological polar surface area (TPSA) is 81.3 Å². The van der Waals surface area contributed by atoms with Crippen LogP contribution in [0.15, 0.2) is 18.2 Å². The fourth-order valence-electron chi connectivity index (χ4n) is 1.06. The molecule has 0 atom stereocenters. The third-order valence-electron chi connectivity index (χ3n) is 1.89. The van der Waals surface area contributed by atoms with Crippen LogP contribution >= 0.6 is 0 Å². The van der Waals surface area contributed by atoms with Gasteiger partial charge in [-0.3, -0.25) is 0 Å². The van der Waals surface area contributed by atoms with E-state index in [0.717, 1.165) is 5.69 Å². The molecule has 72 valence electrons. The molecule has 0 fully saturated rings. The minimum absolute atomic E-state index is 0.198. The van der Waals surface area contributed by atoms with Crippen molar-refractivity contribution < 1.29 is 0 Å². The van der Waals surface area contributed by atoms with Crippen molar-refractivity contribution in [2.45, 2.75) is 19.9 Å². The Morgan fingerprint density at radius 3 is 2.38 bits per heavy atom. The second-order valence-electron chi connectivity index (χ2n) is 3.32. The van der Waals surface area contributed by atoms with Crippen LogP contribution in [-0.2, 0) is 0 Å². The summed E-state index contributed by atoms with van der Waals surface area (Å²) >= 11 is 0. The molecule has 0 aliphatic heterocycles. The van der Waals surface area contributed by atoms with Crippen LogP contribution in [0.2, 0.25) is 0 Å². The smallest absolute Gasteiger partial charge is 0.0770 e. The molecule has 1 aromatic carbocycles. The van der Waals surface area contributed by atoms with Gasteiger partial charge in [0, 0.05) is 11.7 Å². The molecule has 0 unspecified atom stereocenters. The molecule has 0 saturated carbocycles. The van der Waals surface area contributed by atoms with Gasteiger partial charge in [0.2, 0.25) is 0 Å². The largest absolute Gasteiger partial charge is 0.399 e. The van der Waals surface area contributed by atoms with Crippen molar-refractivity contribution in [3.63, 3.8) is 0 Å². The maximum atomic E-state index is 5.81. The van der Waals surface area contributed by atoms with E-state index in [1.807, 2.05) is 13.8 Å². The predicted molar refractivity (Wildman–Crippen MR) is 57.1 cm³/mol. The highest BCUT2D eigenvalue weighted by Gasteiger charge is 2.08. The number of hydrazine groups is 1. The zero-order valence-electron chi connectivity index (χ0n) is 7.99. The standard InChI is InChI=1S/C9H16N4/c1-6(2)13(12)9-5-7(10)3-4-8(9)11/h3-6H,10-12H2,1-2H3. The van der Waals surface area contributed by atoms with Crippen LogP contribution in [0.5, 0.6) is 0 Å². The summed E-state index contributed by atoms with van der Waals surface area (Å²) in [6.07, 6.45) is 0. The van der Waals surface area contributed by atoms with Crippen molar-refractivity contribution in [3.05, 3.63) is 18.2 Å². The van der Waals surface area contributed by atoms with Crippen LogP contribution in [0.1, 0.15) is 13.8 Å². The Morgan fingerprint density at radius 1 is 1.23 bits per heavy atom. The van der Waals surface area contributed by atoms with E-state index in [2.05, 4.69) is 0 Å². The fraction of sp³-hybridized carbons (Fsp3) is 0.333. The third-order valence-corrected chi connectivity index (χ3v) is 1.89. The van der Waals surface area contributed by atoms with E-state index < -0.39 is 0 Å². The van der Waals surface area contributed by atoms with E-state index >= 15 is 0 Å². The van der Waals surface area contributed by atoms with Gasteiger partial charge in [-0.15, -0.1) is 0 Å². The molecule has 0 aromatic heterocycles. The number of hydrogen-bond donors (Lipinski definition) is 3. The normalized spacial score (nSPS) is 10.5. The van der Waals surface area contributed by atoms with Crippen molar-refractivity contribution in [1.82, 2.24) is 0 Å². The van der Waals surface area contributed by atoms with Crippen LogP contribution in [0, 0.1) is 0 Å². The molecule has 4 heteroatoms. The van der Waals surface area contributed by atoms with Crippen molar-refractivity contribution in [2.24, 2.45) is 5.84 Å². The van der Waals surface area contributed by atoms with Crippen molar-refractivity contribution in [2.75, 3.05) is 16.5 Å². The summed E-state index contributed by atoms with van der Waals surface area (Å²) in [5.74, 6) is 5.81. The van der Waals surface area contributed by atoms with E-state index in [9.17, 15) is 0 Å². The number of rotatable bonds is 2. The van der Waals surface area contributed by atoms with Crippen LogP contribution in [0.25, 0.3) is 0 Å². The van der Waals surface area contributed by atoms with Gasteiger partial charge in [-0.1, -0.05) is 0 Å². The van der Waals surface area contributed by atoms with Gasteiger partial charge >= 0.3 is 0 Å². The van der Waals surface area contributed by atoms with E-state index in [1.165, 1.54) is 0 Å². The summed E-state index contributed by atoms with van der Waals surface area (Å²) < 4.78 is 0. The summed E-state index contributed by atoms with van der Waals surface area (Å²) in [4.78, 5) is 0. The first-order valence-corrected chi connectivity index (χ1v) is 4.21. The highest BCUT2D eigenvalue weighted by Crippen LogP contribution is 2.24. The summed E-state index contributed by atoms with van der Waals surface area (Å²) in [5, 5.41) is 1.60. The molecule has 4 nitrogen and oxygen atoms in total. The van der Waals surface area contributed by atoms with Gasteiger partial charge in [0.1, 0.15) is 0 Å². The van der Waals surface area contributed by atoms with Gasteiger partial charge in [0.05, 0.1) is 11.4 Å². The van der Waals surface area contributed by atoms with Gasteiger partial charge in [-0.05, 0) is 32.0 Å². The number of nitrogens with two attached hydrogens (primary N) is 3. The molecule has 1 rings (SSSR count). The van der Waals surface area contributed by atoms with E-state index in [0.29, 0.717) is 11.4 Å². The maximum absolute atomic E-state index is 5.81. The lowest BCUT2D eigenvalue weighted by Gasteiger charge is -2.24. The molecule has 13 heavy (non-hydrogen) atoms. The Bertz CT molecular complexity index is 296. The highest BCUT2D eigenvalue weighted by molar-refractivity contribution is 5.71. The van der Waals surface area contributed by atoms with Crippen molar-refractivity contribution in [3.8, 4) is 0 Å². The van der Waals surface area contributed by atoms with Crippen LogP contribution in [-0.4, -0.2) is 6.04 Å². The minimum Gasteiger partial charge on any atom is -0.399 e. The number of nitrogens with zero attached hydrogens (tertiary/aromatic N) is 1. The number of anilines is 3.